The molecule has 2 N–H and O–H groups in total. The molecule has 0 aliphatic carbocycles. The second-order valence-electron chi connectivity index (χ2n) is 5.01. The quantitative estimate of drug-likeness (QED) is 0.837. The number of rotatable bonds is 4. The largest absolute Gasteiger partial charge is 0.378 e. The molecule has 1 saturated heterocycles. The molecule has 1 aliphatic heterocycles. The average molecular weight is 247 g/mol. The third-order valence-electron chi connectivity index (χ3n) is 3.36. The summed E-state index contributed by atoms with van der Waals surface area (Å²) in [6.07, 6.45) is 1.15. The fraction of sp³-hybridized carbons (Fsp3) is 0.500. The number of carbonyl (C=O) groups excluding carboxylic acids is 1. The van der Waals surface area contributed by atoms with Crippen LogP contribution in [0.1, 0.15) is 16.8 Å². The highest BCUT2D eigenvalue weighted by Gasteiger charge is 2.15. The molecule has 1 amide bonds. The monoisotopic (exact) mass is 247 g/mol. The molecule has 0 radical (unpaired) electrons. The van der Waals surface area contributed by atoms with Crippen LogP contribution in [0.2, 0.25) is 0 Å². The summed E-state index contributed by atoms with van der Waals surface area (Å²) >= 11 is 0. The maximum Gasteiger partial charge on any atom is 0.251 e. The van der Waals surface area contributed by atoms with Gasteiger partial charge in [0.05, 0.1) is 0 Å². The van der Waals surface area contributed by atoms with Crippen molar-refractivity contribution in [3.05, 3.63) is 29.8 Å². The number of benzene rings is 1. The van der Waals surface area contributed by atoms with Gasteiger partial charge in [0.15, 0.2) is 0 Å². The van der Waals surface area contributed by atoms with Crippen LogP contribution in [0.3, 0.4) is 0 Å². The van der Waals surface area contributed by atoms with Crippen LogP contribution >= 0.6 is 0 Å². The van der Waals surface area contributed by atoms with E-state index in [1.807, 2.05) is 43.3 Å². The van der Waals surface area contributed by atoms with Crippen LogP contribution in [0, 0.1) is 5.92 Å². The van der Waals surface area contributed by atoms with Crippen LogP contribution in [0.15, 0.2) is 24.3 Å². The maximum absolute atomic E-state index is 11.9. The van der Waals surface area contributed by atoms with E-state index in [0.717, 1.165) is 37.3 Å². The summed E-state index contributed by atoms with van der Waals surface area (Å²) < 4.78 is 0. The molecule has 18 heavy (non-hydrogen) atoms. The predicted molar refractivity (Wildman–Crippen MR) is 74.1 cm³/mol. The van der Waals surface area contributed by atoms with E-state index in [2.05, 4.69) is 10.6 Å². The molecule has 1 heterocycles. The topological polar surface area (TPSA) is 44.4 Å². The Labute approximate surface area is 108 Å². The summed E-state index contributed by atoms with van der Waals surface area (Å²) in [5, 5.41) is 6.30. The zero-order valence-electron chi connectivity index (χ0n) is 11.1. The summed E-state index contributed by atoms with van der Waals surface area (Å²) in [7, 11) is 3.98. The molecule has 0 bridgehead atoms. The minimum atomic E-state index is 0.0206. The van der Waals surface area contributed by atoms with Crippen LogP contribution in [-0.2, 0) is 0 Å². The van der Waals surface area contributed by atoms with Gasteiger partial charge in [-0.3, -0.25) is 4.79 Å². The highest BCUT2D eigenvalue weighted by atomic mass is 16.1. The first-order valence-corrected chi connectivity index (χ1v) is 6.43. The van der Waals surface area contributed by atoms with Gasteiger partial charge < -0.3 is 15.5 Å². The summed E-state index contributed by atoms with van der Waals surface area (Å²) in [5.74, 6) is 0.599. The third-order valence-corrected chi connectivity index (χ3v) is 3.36. The Hall–Kier alpha value is -1.55. The van der Waals surface area contributed by atoms with Crippen molar-refractivity contribution in [2.24, 2.45) is 5.92 Å². The molecular formula is C14H21N3O. The molecule has 1 fully saturated rings. The number of carbonyl (C=O) groups is 1. The lowest BCUT2D eigenvalue weighted by Gasteiger charge is -2.13. The second-order valence-corrected chi connectivity index (χ2v) is 5.01. The van der Waals surface area contributed by atoms with Gasteiger partial charge in [-0.25, -0.2) is 0 Å². The molecule has 0 saturated carbocycles. The van der Waals surface area contributed by atoms with Gasteiger partial charge in [-0.15, -0.1) is 0 Å². The van der Waals surface area contributed by atoms with Gasteiger partial charge in [0.1, 0.15) is 0 Å². The van der Waals surface area contributed by atoms with E-state index in [0.29, 0.717) is 5.92 Å². The second kappa shape index (κ2) is 5.87. The first kappa shape index (κ1) is 12.9. The van der Waals surface area contributed by atoms with Crippen LogP contribution in [0.5, 0.6) is 0 Å². The summed E-state index contributed by atoms with van der Waals surface area (Å²) in [6, 6.07) is 7.67. The first-order chi connectivity index (χ1) is 8.66. The number of nitrogens with zero attached hydrogens (tertiary/aromatic N) is 1. The van der Waals surface area contributed by atoms with E-state index in [4.69, 9.17) is 0 Å². The number of nitrogens with one attached hydrogen (secondary N) is 2. The summed E-state index contributed by atoms with van der Waals surface area (Å²) in [4.78, 5) is 14.0. The van der Waals surface area contributed by atoms with E-state index in [1.54, 1.807) is 0 Å². The van der Waals surface area contributed by atoms with Gasteiger partial charge in [0.25, 0.3) is 5.91 Å². The van der Waals surface area contributed by atoms with Gasteiger partial charge >= 0.3 is 0 Å². The number of amides is 1. The van der Waals surface area contributed by atoms with E-state index in [-0.39, 0.29) is 5.91 Å². The predicted octanol–water partition coefficient (Wildman–Crippen LogP) is 1.09. The minimum Gasteiger partial charge on any atom is -0.378 e. The third kappa shape index (κ3) is 3.23. The molecule has 1 aromatic carbocycles. The Bertz CT molecular complexity index is 394. The Kier molecular flexibility index (Phi) is 4.20. The molecule has 0 aromatic heterocycles. The standard InChI is InChI=1S/C14H21N3O/c1-17(2)13-5-3-12(4-6-13)14(18)16-10-11-7-8-15-9-11/h3-6,11,15H,7-10H2,1-2H3,(H,16,18). The van der Waals surface area contributed by atoms with Crippen molar-refractivity contribution in [2.75, 3.05) is 38.6 Å². The summed E-state index contributed by atoms with van der Waals surface area (Å²) in [6.45, 7) is 2.85. The highest BCUT2D eigenvalue weighted by molar-refractivity contribution is 5.94. The Morgan fingerprint density at radius 2 is 2.11 bits per heavy atom. The molecule has 0 spiro atoms. The van der Waals surface area contributed by atoms with Crippen molar-refractivity contribution in [3.8, 4) is 0 Å². The lowest BCUT2D eigenvalue weighted by molar-refractivity contribution is 0.0948. The Balaban J connectivity index is 1.87. The normalized spacial score (nSPS) is 18.7. The highest BCUT2D eigenvalue weighted by Crippen LogP contribution is 2.12. The zero-order valence-corrected chi connectivity index (χ0v) is 11.1. The average Bonchev–Trinajstić information content (AvgIpc) is 2.89. The first-order valence-electron chi connectivity index (χ1n) is 6.43. The van der Waals surface area contributed by atoms with Crippen molar-refractivity contribution >= 4 is 11.6 Å². The van der Waals surface area contributed by atoms with E-state index < -0.39 is 0 Å². The van der Waals surface area contributed by atoms with Crippen LogP contribution in [-0.4, -0.2) is 39.6 Å². The van der Waals surface area contributed by atoms with Crippen LogP contribution in [0.4, 0.5) is 5.69 Å². The Morgan fingerprint density at radius 1 is 1.39 bits per heavy atom. The van der Waals surface area contributed by atoms with Crippen molar-refractivity contribution in [2.45, 2.75) is 6.42 Å². The lowest BCUT2D eigenvalue weighted by Crippen LogP contribution is -2.30. The van der Waals surface area contributed by atoms with Gasteiger partial charge in [-0.2, -0.15) is 0 Å². The molecule has 98 valence electrons. The van der Waals surface area contributed by atoms with Crippen LogP contribution < -0.4 is 15.5 Å². The van der Waals surface area contributed by atoms with Crippen LogP contribution in [0.25, 0.3) is 0 Å². The minimum absolute atomic E-state index is 0.0206. The lowest BCUT2D eigenvalue weighted by atomic mass is 10.1. The molecular weight excluding hydrogens is 226 g/mol. The zero-order chi connectivity index (χ0) is 13.0. The molecule has 1 aliphatic rings. The van der Waals surface area contributed by atoms with Crippen molar-refractivity contribution in [3.63, 3.8) is 0 Å². The van der Waals surface area contributed by atoms with Gasteiger partial charge in [0.2, 0.25) is 0 Å². The number of anilines is 1. The van der Waals surface area contributed by atoms with Gasteiger partial charge in [0, 0.05) is 31.9 Å². The number of hydrogen-bond acceptors (Lipinski definition) is 3. The number of hydrogen-bond donors (Lipinski definition) is 2. The van der Waals surface area contributed by atoms with E-state index >= 15 is 0 Å². The van der Waals surface area contributed by atoms with E-state index in [9.17, 15) is 4.79 Å². The molecule has 2 rings (SSSR count). The van der Waals surface area contributed by atoms with Gasteiger partial charge in [-0.05, 0) is 49.7 Å². The summed E-state index contributed by atoms with van der Waals surface area (Å²) in [5.41, 5.74) is 1.83. The molecule has 1 unspecified atom stereocenters. The molecule has 1 atom stereocenters. The molecule has 1 aromatic rings. The fourth-order valence-corrected chi connectivity index (χ4v) is 2.14. The van der Waals surface area contributed by atoms with Crippen molar-refractivity contribution in [1.29, 1.82) is 0 Å². The smallest absolute Gasteiger partial charge is 0.251 e. The molecule has 4 nitrogen and oxygen atoms in total. The van der Waals surface area contributed by atoms with Crippen molar-refractivity contribution < 1.29 is 4.79 Å². The van der Waals surface area contributed by atoms with E-state index in [1.165, 1.54) is 0 Å². The SMILES string of the molecule is CN(C)c1ccc(C(=O)NCC2CCNC2)cc1. The van der Waals surface area contributed by atoms with Crippen molar-refractivity contribution in [1.82, 2.24) is 10.6 Å². The maximum atomic E-state index is 11.9. The fourth-order valence-electron chi connectivity index (χ4n) is 2.14. The van der Waals surface area contributed by atoms with Gasteiger partial charge in [-0.1, -0.05) is 0 Å². The Morgan fingerprint density at radius 3 is 2.67 bits per heavy atom. The molecule has 4 heteroatoms.